The van der Waals surface area contributed by atoms with E-state index in [2.05, 4.69) is 15.3 Å². The maximum Gasteiger partial charge on any atom is 0.232 e. The van der Waals surface area contributed by atoms with E-state index in [0.29, 0.717) is 11.8 Å². The number of hydrogen-bond acceptors (Lipinski definition) is 6. The lowest BCUT2D eigenvalue weighted by Gasteiger charge is -2.10. The number of fused-ring (bicyclic) bond motifs is 1. The van der Waals surface area contributed by atoms with Crippen LogP contribution in [0.25, 0.3) is 10.2 Å². The molecule has 3 rings (SSSR count). The van der Waals surface area contributed by atoms with Gasteiger partial charge >= 0.3 is 0 Å². The standard InChI is InChI=1S/C14H13N3OS2/c1-15-14-16-12(9-7-8-20-13(9)17-14)18-10-5-3-4-6-11(10)19-2/h3-8H,1-2H3,(H,15,16,17). The predicted molar refractivity (Wildman–Crippen MR) is 85.3 cm³/mol. The van der Waals surface area contributed by atoms with Crippen LogP contribution in [-0.4, -0.2) is 23.3 Å². The fourth-order valence-corrected chi connectivity index (χ4v) is 3.11. The fraction of sp³-hybridized carbons (Fsp3) is 0.143. The molecule has 3 aromatic rings. The second kappa shape index (κ2) is 5.68. The summed E-state index contributed by atoms with van der Waals surface area (Å²) in [7, 11) is 1.80. The molecular weight excluding hydrogens is 290 g/mol. The Labute approximate surface area is 125 Å². The lowest BCUT2D eigenvalue weighted by atomic mass is 10.3. The average molecular weight is 303 g/mol. The molecule has 0 amide bonds. The highest BCUT2D eigenvalue weighted by Crippen LogP contribution is 2.35. The molecule has 0 aliphatic rings. The van der Waals surface area contributed by atoms with Crippen molar-refractivity contribution < 1.29 is 4.74 Å². The summed E-state index contributed by atoms with van der Waals surface area (Å²) in [6, 6.07) is 9.92. The molecule has 2 aromatic heterocycles. The molecular formula is C14H13N3OS2. The number of para-hydroxylation sites is 1. The SMILES string of the molecule is CNc1nc(Oc2ccccc2SC)c2ccsc2n1. The predicted octanol–water partition coefficient (Wildman–Crippen LogP) is 4.25. The summed E-state index contributed by atoms with van der Waals surface area (Å²) < 4.78 is 6.01. The van der Waals surface area contributed by atoms with E-state index in [0.717, 1.165) is 20.9 Å². The van der Waals surface area contributed by atoms with Gasteiger partial charge in [-0.05, 0) is 29.8 Å². The number of benzene rings is 1. The number of nitrogens with one attached hydrogen (secondary N) is 1. The van der Waals surface area contributed by atoms with Gasteiger partial charge in [-0.2, -0.15) is 4.98 Å². The van der Waals surface area contributed by atoms with E-state index in [4.69, 9.17) is 4.74 Å². The van der Waals surface area contributed by atoms with E-state index in [1.54, 1.807) is 30.1 Å². The molecule has 0 aliphatic heterocycles. The van der Waals surface area contributed by atoms with Gasteiger partial charge < -0.3 is 10.1 Å². The third-order valence-corrected chi connectivity index (χ3v) is 4.37. The van der Waals surface area contributed by atoms with Crippen LogP contribution in [0.4, 0.5) is 5.95 Å². The van der Waals surface area contributed by atoms with Crippen molar-refractivity contribution in [3.8, 4) is 11.6 Å². The quantitative estimate of drug-likeness (QED) is 0.730. The Morgan fingerprint density at radius 2 is 2.05 bits per heavy atom. The molecule has 4 nitrogen and oxygen atoms in total. The highest BCUT2D eigenvalue weighted by Gasteiger charge is 2.12. The molecule has 0 spiro atoms. The van der Waals surface area contributed by atoms with E-state index >= 15 is 0 Å². The van der Waals surface area contributed by atoms with Gasteiger partial charge in [0, 0.05) is 11.9 Å². The number of ether oxygens (including phenoxy) is 1. The first-order valence-electron chi connectivity index (χ1n) is 6.05. The van der Waals surface area contributed by atoms with Crippen molar-refractivity contribution in [3.63, 3.8) is 0 Å². The molecule has 1 N–H and O–H groups in total. The third-order valence-electron chi connectivity index (χ3n) is 2.79. The average Bonchev–Trinajstić information content (AvgIpc) is 2.96. The first-order chi connectivity index (χ1) is 9.81. The van der Waals surface area contributed by atoms with Gasteiger partial charge in [-0.15, -0.1) is 23.1 Å². The van der Waals surface area contributed by atoms with Crippen LogP contribution >= 0.6 is 23.1 Å². The zero-order chi connectivity index (χ0) is 13.9. The highest BCUT2D eigenvalue weighted by atomic mass is 32.2. The molecule has 0 saturated heterocycles. The van der Waals surface area contributed by atoms with Crippen molar-refractivity contribution in [1.29, 1.82) is 0 Å². The number of thiophene rings is 1. The second-order valence-corrected chi connectivity index (χ2v) is 5.74. The van der Waals surface area contributed by atoms with Gasteiger partial charge in [-0.1, -0.05) is 12.1 Å². The van der Waals surface area contributed by atoms with E-state index in [1.807, 2.05) is 42.0 Å². The van der Waals surface area contributed by atoms with Crippen LogP contribution in [-0.2, 0) is 0 Å². The van der Waals surface area contributed by atoms with Crippen LogP contribution in [0.3, 0.4) is 0 Å². The maximum atomic E-state index is 6.01. The number of thioether (sulfide) groups is 1. The maximum absolute atomic E-state index is 6.01. The molecule has 0 bridgehead atoms. The van der Waals surface area contributed by atoms with Crippen LogP contribution < -0.4 is 10.1 Å². The van der Waals surface area contributed by atoms with Gasteiger partial charge in [-0.25, -0.2) is 4.98 Å². The molecule has 0 radical (unpaired) electrons. The Balaban J connectivity index is 2.07. The lowest BCUT2D eigenvalue weighted by molar-refractivity contribution is 0.458. The highest BCUT2D eigenvalue weighted by molar-refractivity contribution is 7.98. The van der Waals surface area contributed by atoms with Crippen molar-refractivity contribution in [2.75, 3.05) is 18.6 Å². The molecule has 102 valence electrons. The van der Waals surface area contributed by atoms with E-state index in [9.17, 15) is 0 Å². The van der Waals surface area contributed by atoms with Gasteiger partial charge in [0.2, 0.25) is 11.8 Å². The van der Waals surface area contributed by atoms with Crippen LogP contribution in [0.5, 0.6) is 11.6 Å². The molecule has 0 aliphatic carbocycles. The molecule has 0 fully saturated rings. The minimum Gasteiger partial charge on any atom is -0.437 e. The zero-order valence-electron chi connectivity index (χ0n) is 11.1. The summed E-state index contributed by atoms with van der Waals surface area (Å²) >= 11 is 3.23. The topological polar surface area (TPSA) is 47.0 Å². The van der Waals surface area contributed by atoms with Gasteiger partial charge in [-0.3, -0.25) is 0 Å². The Morgan fingerprint density at radius 1 is 1.20 bits per heavy atom. The van der Waals surface area contributed by atoms with Crippen LogP contribution in [0.2, 0.25) is 0 Å². The van der Waals surface area contributed by atoms with Crippen molar-refractivity contribution >= 4 is 39.3 Å². The number of rotatable bonds is 4. The van der Waals surface area contributed by atoms with Crippen LogP contribution in [0.15, 0.2) is 40.6 Å². The Kier molecular flexibility index (Phi) is 3.75. The van der Waals surface area contributed by atoms with Crippen LogP contribution in [0.1, 0.15) is 0 Å². The number of nitrogens with zero attached hydrogens (tertiary/aromatic N) is 2. The van der Waals surface area contributed by atoms with E-state index < -0.39 is 0 Å². The van der Waals surface area contributed by atoms with Gasteiger partial charge in [0.05, 0.1) is 5.39 Å². The fourth-order valence-electron chi connectivity index (χ4n) is 1.83. The number of hydrogen-bond donors (Lipinski definition) is 1. The summed E-state index contributed by atoms with van der Waals surface area (Å²) in [4.78, 5) is 10.8. The Hall–Kier alpha value is -1.79. The molecule has 6 heteroatoms. The van der Waals surface area contributed by atoms with Gasteiger partial charge in [0.1, 0.15) is 10.6 Å². The van der Waals surface area contributed by atoms with Crippen molar-refractivity contribution in [3.05, 3.63) is 35.7 Å². The summed E-state index contributed by atoms with van der Waals surface area (Å²) in [5.74, 6) is 1.96. The molecule has 0 saturated carbocycles. The first kappa shape index (κ1) is 13.2. The molecule has 20 heavy (non-hydrogen) atoms. The number of anilines is 1. The van der Waals surface area contributed by atoms with Crippen LogP contribution in [0, 0.1) is 0 Å². The number of aromatic nitrogens is 2. The van der Waals surface area contributed by atoms with E-state index in [-0.39, 0.29) is 0 Å². The first-order valence-corrected chi connectivity index (χ1v) is 8.16. The molecule has 0 atom stereocenters. The molecule has 1 aromatic carbocycles. The third kappa shape index (κ3) is 2.44. The lowest BCUT2D eigenvalue weighted by Crippen LogP contribution is -1.98. The second-order valence-electron chi connectivity index (χ2n) is 3.99. The van der Waals surface area contributed by atoms with Crippen molar-refractivity contribution in [2.24, 2.45) is 0 Å². The summed E-state index contributed by atoms with van der Waals surface area (Å²) in [5.41, 5.74) is 0. The summed E-state index contributed by atoms with van der Waals surface area (Å²) in [6.07, 6.45) is 2.03. The minimum absolute atomic E-state index is 0.566. The normalized spacial score (nSPS) is 10.7. The van der Waals surface area contributed by atoms with E-state index in [1.165, 1.54) is 0 Å². The molecule has 2 heterocycles. The largest absolute Gasteiger partial charge is 0.437 e. The Bertz CT molecular complexity index is 742. The summed E-state index contributed by atoms with van der Waals surface area (Å²) in [6.45, 7) is 0. The minimum atomic E-state index is 0.566. The zero-order valence-corrected chi connectivity index (χ0v) is 12.7. The summed E-state index contributed by atoms with van der Waals surface area (Å²) in [5, 5.41) is 5.89. The van der Waals surface area contributed by atoms with Crippen molar-refractivity contribution in [1.82, 2.24) is 9.97 Å². The monoisotopic (exact) mass is 303 g/mol. The smallest absolute Gasteiger partial charge is 0.232 e. The van der Waals surface area contributed by atoms with Crippen molar-refractivity contribution in [2.45, 2.75) is 4.90 Å². The van der Waals surface area contributed by atoms with Gasteiger partial charge in [0.25, 0.3) is 0 Å². The Morgan fingerprint density at radius 3 is 2.85 bits per heavy atom. The molecule has 0 unspecified atom stereocenters. The van der Waals surface area contributed by atoms with Gasteiger partial charge in [0.15, 0.2) is 0 Å².